The zero-order valence-electron chi connectivity index (χ0n) is 19.2. The monoisotopic (exact) mass is 476 g/mol. The molecule has 4 atom stereocenters. The molecule has 3 amide bonds. The van der Waals surface area contributed by atoms with E-state index < -0.39 is 53.8 Å². The van der Waals surface area contributed by atoms with E-state index in [0.717, 1.165) is 0 Å². The normalized spacial score (nSPS) is 14.9. The van der Waals surface area contributed by atoms with Gasteiger partial charge < -0.3 is 31.9 Å². The summed E-state index contributed by atoms with van der Waals surface area (Å²) in [5.41, 5.74) is 5.72. The summed E-state index contributed by atoms with van der Waals surface area (Å²) in [5.74, 6) is -4.35. The van der Waals surface area contributed by atoms with E-state index in [0.29, 0.717) is 5.75 Å². The first-order chi connectivity index (χ1) is 14.8. The molecule has 0 aliphatic carbocycles. The third-order valence-corrected chi connectivity index (χ3v) is 5.37. The molecule has 4 unspecified atom stereocenters. The zero-order chi connectivity index (χ0) is 25.0. The van der Waals surface area contributed by atoms with Crippen LogP contribution < -0.4 is 21.7 Å². The van der Waals surface area contributed by atoms with Crippen LogP contribution in [0.4, 0.5) is 0 Å². The van der Waals surface area contributed by atoms with Gasteiger partial charge >= 0.3 is 11.9 Å². The fourth-order valence-corrected chi connectivity index (χ4v) is 3.21. The molecule has 0 bridgehead atoms. The van der Waals surface area contributed by atoms with Gasteiger partial charge in [-0.3, -0.25) is 19.2 Å². The average Bonchev–Trinajstić information content (AvgIpc) is 2.69. The van der Waals surface area contributed by atoms with Gasteiger partial charge in [-0.05, 0) is 36.7 Å². The molecular weight excluding hydrogens is 440 g/mol. The first-order valence-electron chi connectivity index (χ1n) is 10.4. The van der Waals surface area contributed by atoms with Crippen LogP contribution in [0.15, 0.2) is 0 Å². The van der Waals surface area contributed by atoms with Gasteiger partial charge in [0, 0.05) is 6.42 Å². The molecule has 0 heterocycles. The number of carbonyl (C=O) groups is 5. The van der Waals surface area contributed by atoms with Crippen LogP contribution in [0.2, 0.25) is 0 Å². The van der Waals surface area contributed by atoms with E-state index in [1.54, 1.807) is 27.7 Å². The highest BCUT2D eigenvalue weighted by Gasteiger charge is 2.32. The molecule has 0 fully saturated rings. The summed E-state index contributed by atoms with van der Waals surface area (Å²) in [5, 5.41) is 25.6. The molecule has 7 N–H and O–H groups in total. The van der Waals surface area contributed by atoms with Crippen LogP contribution in [0.1, 0.15) is 47.0 Å². The Morgan fingerprint density at radius 3 is 1.78 bits per heavy atom. The molecule has 0 aliphatic heterocycles. The highest BCUT2D eigenvalue weighted by molar-refractivity contribution is 7.98. The summed E-state index contributed by atoms with van der Waals surface area (Å²) < 4.78 is 0. The van der Waals surface area contributed by atoms with Crippen molar-refractivity contribution in [2.75, 3.05) is 12.0 Å². The van der Waals surface area contributed by atoms with Crippen molar-refractivity contribution in [1.82, 2.24) is 16.0 Å². The molecule has 0 saturated heterocycles. The predicted molar refractivity (Wildman–Crippen MR) is 121 cm³/mol. The smallest absolute Gasteiger partial charge is 0.326 e. The number of aliphatic carboxylic acids is 2. The second kappa shape index (κ2) is 14.7. The molecule has 32 heavy (non-hydrogen) atoms. The lowest BCUT2D eigenvalue weighted by atomic mass is 9.99. The van der Waals surface area contributed by atoms with Crippen molar-refractivity contribution in [2.45, 2.75) is 71.1 Å². The fraction of sp³-hybridized carbons (Fsp3) is 0.750. The summed E-state index contributed by atoms with van der Waals surface area (Å²) in [6, 6.07) is -4.21. The lowest BCUT2D eigenvalue weighted by Gasteiger charge is -2.27. The Kier molecular flexibility index (Phi) is 13.6. The Labute approximate surface area is 192 Å². The van der Waals surface area contributed by atoms with Crippen molar-refractivity contribution < 1.29 is 34.2 Å². The Hall–Kier alpha value is -2.34. The maximum Gasteiger partial charge on any atom is 0.326 e. The third kappa shape index (κ3) is 10.8. The number of carboxylic acid groups (broad SMARTS) is 2. The maximum atomic E-state index is 12.9. The van der Waals surface area contributed by atoms with Crippen molar-refractivity contribution in [1.29, 1.82) is 0 Å². The van der Waals surface area contributed by atoms with Gasteiger partial charge in [-0.25, -0.2) is 4.79 Å². The van der Waals surface area contributed by atoms with Gasteiger partial charge in [0.2, 0.25) is 17.7 Å². The molecular formula is C20H36N4O7S. The Balaban J connectivity index is 5.34. The van der Waals surface area contributed by atoms with Crippen LogP contribution in [-0.4, -0.2) is 76.0 Å². The number of thioether (sulfide) groups is 1. The van der Waals surface area contributed by atoms with Crippen molar-refractivity contribution in [2.24, 2.45) is 17.6 Å². The number of hydrogen-bond acceptors (Lipinski definition) is 7. The van der Waals surface area contributed by atoms with Gasteiger partial charge in [-0.15, -0.1) is 0 Å². The van der Waals surface area contributed by atoms with E-state index in [1.807, 2.05) is 6.26 Å². The van der Waals surface area contributed by atoms with Crippen LogP contribution in [0.25, 0.3) is 0 Å². The molecule has 0 aromatic rings. The highest BCUT2D eigenvalue weighted by Crippen LogP contribution is 2.09. The van der Waals surface area contributed by atoms with Crippen LogP contribution in [0.5, 0.6) is 0 Å². The van der Waals surface area contributed by atoms with Crippen LogP contribution in [0, 0.1) is 11.8 Å². The summed E-state index contributed by atoms with van der Waals surface area (Å²) in [6.07, 6.45) is 1.73. The van der Waals surface area contributed by atoms with Gasteiger partial charge in [-0.1, -0.05) is 27.7 Å². The number of amides is 3. The molecule has 11 nitrogen and oxygen atoms in total. The zero-order valence-corrected chi connectivity index (χ0v) is 20.0. The SMILES string of the molecule is CSCCC(NC(=O)C(N)CCC(=O)O)C(=O)NC(C(=O)NC(C(=O)O)C(C)C)C(C)C. The molecule has 0 radical (unpaired) electrons. The fourth-order valence-electron chi connectivity index (χ4n) is 2.74. The Morgan fingerprint density at radius 2 is 1.34 bits per heavy atom. The Morgan fingerprint density at radius 1 is 0.812 bits per heavy atom. The second-order valence-corrected chi connectivity index (χ2v) is 9.17. The lowest BCUT2D eigenvalue weighted by Crippen LogP contribution is -2.59. The first kappa shape index (κ1) is 29.7. The Bertz CT molecular complexity index is 672. The minimum atomic E-state index is -1.18. The van der Waals surface area contributed by atoms with Crippen LogP contribution >= 0.6 is 11.8 Å². The lowest BCUT2D eigenvalue weighted by molar-refractivity contribution is -0.144. The second-order valence-electron chi connectivity index (χ2n) is 8.18. The van der Waals surface area contributed by atoms with Gasteiger partial charge in [0.05, 0.1) is 6.04 Å². The molecule has 12 heteroatoms. The molecule has 0 aromatic carbocycles. The molecule has 0 aromatic heterocycles. The number of carboxylic acids is 2. The van der Waals surface area contributed by atoms with E-state index in [2.05, 4.69) is 16.0 Å². The standard InChI is InChI=1S/C20H36N4O7S/c1-10(2)15(19(29)24-16(11(3)4)20(30)31)23-18(28)13(8-9-32-5)22-17(27)12(21)6-7-14(25)26/h10-13,15-16H,6-9,21H2,1-5H3,(H,22,27)(H,23,28)(H,24,29)(H,25,26)(H,30,31). The predicted octanol–water partition coefficient (Wildman–Crippen LogP) is -0.217. The maximum absolute atomic E-state index is 12.9. The quantitative estimate of drug-likeness (QED) is 0.186. The molecule has 184 valence electrons. The third-order valence-electron chi connectivity index (χ3n) is 4.73. The molecule has 0 saturated carbocycles. The molecule has 0 rings (SSSR count). The van der Waals surface area contributed by atoms with Crippen molar-refractivity contribution in [3.63, 3.8) is 0 Å². The summed E-state index contributed by atoms with van der Waals surface area (Å²) >= 11 is 1.46. The van der Waals surface area contributed by atoms with E-state index >= 15 is 0 Å². The van der Waals surface area contributed by atoms with Gasteiger partial charge in [0.15, 0.2) is 0 Å². The van der Waals surface area contributed by atoms with Crippen molar-refractivity contribution in [3.05, 3.63) is 0 Å². The van der Waals surface area contributed by atoms with Crippen molar-refractivity contribution >= 4 is 41.4 Å². The summed E-state index contributed by atoms with van der Waals surface area (Å²) in [4.78, 5) is 60.0. The summed E-state index contributed by atoms with van der Waals surface area (Å²) in [6.45, 7) is 6.72. The largest absolute Gasteiger partial charge is 0.481 e. The van der Waals surface area contributed by atoms with Gasteiger partial charge in [0.1, 0.15) is 18.1 Å². The van der Waals surface area contributed by atoms with E-state index in [-0.39, 0.29) is 31.1 Å². The van der Waals surface area contributed by atoms with Crippen LogP contribution in [0.3, 0.4) is 0 Å². The minimum Gasteiger partial charge on any atom is -0.481 e. The number of nitrogens with two attached hydrogens (primary N) is 1. The number of nitrogens with one attached hydrogen (secondary N) is 3. The van der Waals surface area contributed by atoms with Gasteiger partial charge in [0.25, 0.3) is 0 Å². The van der Waals surface area contributed by atoms with Crippen LogP contribution in [-0.2, 0) is 24.0 Å². The topological polar surface area (TPSA) is 188 Å². The number of rotatable bonds is 15. The number of hydrogen-bond donors (Lipinski definition) is 6. The molecule has 0 spiro atoms. The van der Waals surface area contributed by atoms with E-state index in [4.69, 9.17) is 10.8 Å². The van der Waals surface area contributed by atoms with Gasteiger partial charge in [-0.2, -0.15) is 11.8 Å². The highest BCUT2D eigenvalue weighted by atomic mass is 32.2. The van der Waals surface area contributed by atoms with E-state index in [1.165, 1.54) is 11.8 Å². The van der Waals surface area contributed by atoms with Crippen molar-refractivity contribution in [3.8, 4) is 0 Å². The minimum absolute atomic E-state index is 0.0825. The first-order valence-corrected chi connectivity index (χ1v) is 11.8. The average molecular weight is 477 g/mol. The number of carbonyl (C=O) groups excluding carboxylic acids is 3. The summed E-state index contributed by atoms with van der Waals surface area (Å²) in [7, 11) is 0. The molecule has 0 aliphatic rings. The van der Waals surface area contributed by atoms with E-state index in [9.17, 15) is 29.1 Å².